The van der Waals surface area contributed by atoms with Gasteiger partial charge in [0.1, 0.15) is 0 Å². The summed E-state index contributed by atoms with van der Waals surface area (Å²) in [7, 11) is 0. The number of hydrogen-bond donors (Lipinski definition) is 1. The van der Waals surface area contributed by atoms with E-state index in [1.165, 1.54) is 4.90 Å². The molecule has 0 aliphatic carbocycles. The fraction of sp³-hybridized carbons (Fsp3) is 0.474. The number of ketones is 1. The molecule has 130 valence electrons. The summed E-state index contributed by atoms with van der Waals surface area (Å²) >= 11 is 1.91. The summed E-state index contributed by atoms with van der Waals surface area (Å²) in [6.07, 6.45) is 5.66. The lowest BCUT2D eigenvalue weighted by molar-refractivity contribution is -0.111. The van der Waals surface area contributed by atoms with Crippen molar-refractivity contribution in [1.29, 1.82) is 0 Å². The predicted molar refractivity (Wildman–Crippen MR) is 103 cm³/mol. The molecular weight excluding hydrogens is 318 g/mol. The molecule has 0 aromatic heterocycles. The number of thioether (sulfide) groups is 1. The average molecular weight is 346 g/mol. The average Bonchev–Trinajstić information content (AvgIpc) is 2.60. The quantitative estimate of drug-likeness (QED) is 0.468. The van der Waals surface area contributed by atoms with Crippen molar-refractivity contribution < 1.29 is 4.79 Å². The summed E-state index contributed by atoms with van der Waals surface area (Å²) in [4.78, 5) is 20.1. The number of amidine groups is 1. The van der Waals surface area contributed by atoms with Crippen molar-refractivity contribution in [1.82, 2.24) is 10.2 Å². The molecule has 0 bridgehead atoms. The van der Waals surface area contributed by atoms with Crippen molar-refractivity contribution in [3.8, 4) is 0 Å². The van der Waals surface area contributed by atoms with Crippen LogP contribution in [0.3, 0.4) is 0 Å². The largest absolute Gasteiger partial charge is 0.344 e. The molecule has 5 heteroatoms. The smallest absolute Gasteiger partial charge is 0.194 e. The van der Waals surface area contributed by atoms with Crippen LogP contribution in [0.2, 0.25) is 0 Å². The summed E-state index contributed by atoms with van der Waals surface area (Å²) in [5, 5.41) is 2.98. The van der Waals surface area contributed by atoms with Crippen LogP contribution in [0.15, 0.2) is 52.5 Å². The fourth-order valence-electron chi connectivity index (χ4n) is 2.66. The Labute approximate surface area is 149 Å². The van der Waals surface area contributed by atoms with E-state index in [0.717, 1.165) is 38.2 Å². The number of nitrogens with one attached hydrogen (secondary N) is 1. The van der Waals surface area contributed by atoms with Crippen LogP contribution in [0.25, 0.3) is 0 Å². The maximum atomic E-state index is 11.6. The van der Waals surface area contributed by atoms with Crippen LogP contribution < -0.4 is 5.32 Å². The third kappa shape index (κ3) is 6.49. The summed E-state index contributed by atoms with van der Waals surface area (Å²) in [6.45, 7) is 6.69. The van der Waals surface area contributed by atoms with E-state index in [1.807, 2.05) is 24.8 Å². The number of aliphatic imine (C=N–C) groups is 1. The van der Waals surface area contributed by atoms with Gasteiger partial charge < -0.3 is 10.2 Å². The highest BCUT2D eigenvalue weighted by Crippen LogP contribution is 2.19. The van der Waals surface area contributed by atoms with Gasteiger partial charge in [0.05, 0.1) is 6.04 Å². The highest BCUT2D eigenvalue weighted by atomic mass is 32.2. The maximum Gasteiger partial charge on any atom is 0.194 e. The lowest BCUT2D eigenvalue weighted by Gasteiger charge is -2.30. The number of Topliss-reactive ketones (excluding diaryl/α,β-unsaturated/α-hetero) is 1. The molecule has 0 unspecified atom stereocenters. The van der Waals surface area contributed by atoms with Crippen LogP contribution in [0.1, 0.15) is 26.7 Å². The zero-order valence-electron chi connectivity index (χ0n) is 14.6. The van der Waals surface area contributed by atoms with Gasteiger partial charge in [0, 0.05) is 37.2 Å². The molecule has 1 saturated heterocycles. The first-order valence-electron chi connectivity index (χ1n) is 8.55. The van der Waals surface area contributed by atoms with E-state index in [-0.39, 0.29) is 11.8 Å². The van der Waals surface area contributed by atoms with Gasteiger partial charge >= 0.3 is 0 Å². The van der Waals surface area contributed by atoms with Crippen molar-refractivity contribution in [2.75, 3.05) is 25.4 Å². The maximum absolute atomic E-state index is 11.6. The Hall–Kier alpha value is -1.59. The first-order chi connectivity index (χ1) is 11.7. The highest BCUT2D eigenvalue weighted by molar-refractivity contribution is 7.99. The lowest BCUT2D eigenvalue weighted by Crippen LogP contribution is -2.38. The Morgan fingerprint density at radius 3 is 2.67 bits per heavy atom. The second-order valence-corrected chi connectivity index (χ2v) is 7.08. The van der Waals surface area contributed by atoms with E-state index < -0.39 is 0 Å². The number of hydrogen-bond acceptors (Lipinski definition) is 4. The van der Waals surface area contributed by atoms with Crippen LogP contribution in [0, 0.1) is 0 Å². The monoisotopic (exact) mass is 345 g/mol. The minimum atomic E-state index is -0.00482. The summed E-state index contributed by atoms with van der Waals surface area (Å²) in [6, 6.07) is 10.8. The molecular formula is C19H27N3OS. The van der Waals surface area contributed by atoms with Crippen molar-refractivity contribution in [2.45, 2.75) is 37.6 Å². The Bertz CT molecular complexity index is 563. The number of rotatable bonds is 7. The molecule has 1 N–H and O–H groups in total. The summed E-state index contributed by atoms with van der Waals surface area (Å²) in [5.41, 5.74) is 0. The molecule has 0 atom stereocenters. The molecule has 1 aromatic rings. The van der Waals surface area contributed by atoms with E-state index in [4.69, 9.17) is 0 Å². The minimum Gasteiger partial charge on any atom is -0.344 e. The number of carbonyl (C=O) groups excluding carboxylic acids is 1. The Kier molecular flexibility index (Phi) is 8.05. The van der Waals surface area contributed by atoms with Crippen LogP contribution in [-0.4, -0.2) is 47.9 Å². The molecule has 0 radical (unpaired) electrons. The lowest BCUT2D eigenvalue weighted by atomic mass is 10.1. The van der Waals surface area contributed by atoms with E-state index in [2.05, 4.69) is 45.5 Å². The van der Waals surface area contributed by atoms with Gasteiger partial charge in [-0.3, -0.25) is 9.79 Å². The van der Waals surface area contributed by atoms with Crippen LogP contribution in [0.5, 0.6) is 0 Å². The molecule has 2 rings (SSSR count). The molecule has 0 amide bonds. The first-order valence-corrected chi connectivity index (χ1v) is 9.54. The SMILES string of the molecule is C/C=C\NC(=NC1CCN(CCSc2ccccc2)CC1)C(C)=O. The van der Waals surface area contributed by atoms with Gasteiger partial charge in [0.15, 0.2) is 11.6 Å². The Balaban J connectivity index is 1.73. The fourth-order valence-corrected chi connectivity index (χ4v) is 3.59. The number of carbonyl (C=O) groups is 1. The second-order valence-electron chi connectivity index (χ2n) is 5.91. The molecule has 1 aromatic carbocycles. The number of nitrogens with zero attached hydrogens (tertiary/aromatic N) is 2. The zero-order valence-corrected chi connectivity index (χ0v) is 15.4. The van der Waals surface area contributed by atoms with E-state index in [1.54, 1.807) is 13.1 Å². The normalized spacial score (nSPS) is 17.3. The Morgan fingerprint density at radius 1 is 1.33 bits per heavy atom. The topological polar surface area (TPSA) is 44.7 Å². The third-order valence-electron chi connectivity index (χ3n) is 4.01. The molecule has 1 heterocycles. The molecule has 0 saturated carbocycles. The summed E-state index contributed by atoms with van der Waals surface area (Å²) < 4.78 is 0. The predicted octanol–water partition coefficient (Wildman–Crippen LogP) is 3.35. The number of likely N-dealkylation sites (tertiary alicyclic amines) is 1. The van der Waals surface area contributed by atoms with Crippen LogP contribution >= 0.6 is 11.8 Å². The van der Waals surface area contributed by atoms with E-state index in [0.29, 0.717) is 5.84 Å². The summed E-state index contributed by atoms with van der Waals surface area (Å²) in [5.74, 6) is 1.58. The van der Waals surface area contributed by atoms with Crippen LogP contribution in [0.4, 0.5) is 0 Å². The first kappa shape index (κ1) is 18.7. The van der Waals surface area contributed by atoms with E-state index >= 15 is 0 Å². The van der Waals surface area contributed by atoms with Crippen molar-refractivity contribution in [3.05, 3.63) is 42.6 Å². The van der Waals surface area contributed by atoms with Crippen molar-refractivity contribution >= 4 is 23.4 Å². The van der Waals surface area contributed by atoms with Gasteiger partial charge in [0.2, 0.25) is 0 Å². The van der Waals surface area contributed by atoms with Crippen molar-refractivity contribution in [3.63, 3.8) is 0 Å². The standard InChI is InChI=1S/C19H27N3OS/c1-3-11-20-19(16(2)23)21-17-9-12-22(13-10-17)14-15-24-18-7-5-4-6-8-18/h3-8,11,17H,9-10,12-15H2,1-2H3,(H,20,21)/b11-3-. The van der Waals surface area contributed by atoms with E-state index in [9.17, 15) is 4.79 Å². The number of benzene rings is 1. The van der Waals surface area contributed by atoms with Gasteiger partial charge in [0.25, 0.3) is 0 Å². The molecule has 4 nitrogen and oxygen atoms in total. The number of allylic oxidation sites excluding steroid dienone is 1. The van der Waals surface area contributed by atoms with Gasteiger partial charge in [-0.1, -0.05) is 24.3 Å². The highest BCUT2D eigenvalue weighted by Gasteiger charge is 2.19. The van der Waals surface area contributed by atoms with Gasteiger partial charge in [-0.25, -0.2) is 0 Å². The minimum absolute atomic E-state index is 0.00482. The van der Waals surface area contributed by atoms with Gasteiger partial charge in [-0.2, -0.15) is 0 Å². The molecule has 1 fully saturated rings. The van der Waals surface area contributed by atoms with Crippen molar-refractivity contribution in [2.24, 2.45) is 4.99 Å². The molecule has 24 heavy (non-hydrogen) atoms. The zero-order chi connectivity index (χ0) is 17.2. The second kappa shape index (κ2) is 10.3. The molecule has 0 spiro atoms. The van der Waals surface area contributed by atoms with Gasteiger partial charge in [-0.15, -0.1) is 11.8 Å². The van der Waals surface area contributed by atoms with Crippen LogP contribution in [-0.2, 0) is 4.79 Å². The Morgan fingerprint density at radius 2 is 2.04 bits per heavy atom. The number of piperidine rings is 1. The molecule has 1 aliphatic rings. The van der Waals surface area contributed by atoms with Gasteiger partial charge in [-0.05, 0) is 38.1 Å². The molecule has 1 aliphatic heterocycles. The third-order valence-corrected chi connectivity index (χ3v) is 5.00.